The highest BCUT2D eigenvalue weighted by Crippen LogP contribution is 2.47. The maximum Gasteiger partial charge on any atom is 0.126 e. The summed E-state index contributed by atoms with van der Waals surface area (Å²) in [6, 6.07) is 10.9. The molecule has 0 saturated heterocycles. The highest BCUT2D eigenvalue weighted by atomic mass is 31.1. The maximum absolute atomic E-state index is 13.9. The van der Waals surface area contributed by atoms with Crippen LogP contribution in [-0.2, 0) is 0 Å². The van der Waals surface area contributed by atoms with Gasteiger partial charge in [-0.05, 0) is 119 Å². The first-order valence-electron chi connectivity index (χ1n) is 9.67. The Morgan fingerprint density at radius 2 is 1.36 bits per heavy atom. The third-order valence-corrected chi connectivity index (χ3v) is 10.3. The molecule has 0 radical (unpaired) electrons. The first kappa shape index (κ1) is 21.4. The molecule has 0 nitrogen and oxygen atoms in total. The number of benzene rings is 2. The maximum atomic E-state index is 13.9. The second-order valence-corrected chi connectivity index (χ2v) is 12.2. The Morgan fingerprint density at radius 1 is 0.857 bits per heavy atom. The summed E-state index contributed by atoms with van der Waals surface area (Å²) in [7, 11) is 0.720. The van der Waals surface area contributed by atoms with Crippen molar-refractivity contribution >= 4 is 32.0 Å². The molecule has 148 valence electrons. The molecule has 0 aliphatic carbocycles. The van der Waals surface area contributed by atoms with Gasteiger partial charge in [-0.15, -0.1) is 0 Å². The molecule has 0 spiro atoms. The molecule has 2 aromatic carbocycles. The van der Waals surface area contributed by atoms with E-state index < -0.39 is 7.92 Å². The SMILES string of the molecule is CC1=PC(C)(CCP(c2ccc(F)c(C)c2)c2ccc(F)c(C)c2)C(C)=C1C. The summed E-state index contributed by atoms with van der Waals surface area (Å²) >= 11 is 0. The van der Waals surface area contributed by atoms with Crippen LogP contribution in [0.15, 0.2) is 47.5 Å². The lowest BCUT2D eigenvalue weighted by Crippen LogP contribution is -2.23. The molecular weight excluding hydrogens is 388 g/mol. The molecule has 1 aliphatic heterocycles. The summed E-state index contributed by atoms with van der Waals surface area (Å²) in [5, 5.41) is 3.94. The predicted molar refractivity (Wildman–Crippen MR) is 122 cm³/mol. The van der Waals surface area contributed by atoms with Crippen molar-refractivity contribution < 1.29 is 8.78 Å². The fourth-order valence-electron chi connectivity index (χ4n) is 3.79. The topological polar surface area (TPSA) is 0 Å². The Hall–Kier alpha value is -1.36. The third kappa shape index (κ3) is 4.14. The third-order valence-electron chi connectivity index (χ3n) is 6.06. The van der Waals surface area contributed by atoms with E-state index >= 15 is 0 Å². The Morgan fingerprint density at radius 3 is 1.75 bits per heavy atom. The van der Waals surface area contributed by atoms with Gasteiger partial charge < -0.3 is 0 Å². The zero-order valence-corrected chi connectivity index (χ0v) is 19.3. The number of halogens is 2. The Balaban J connectivity index is 1.97. The summed E-state index contributed by atoms with van der Waals surface area (Å²) < 4.78 is 27.7. The van der Waals surface area contributed by atoms with Gasteiger partial charge in [-0.3, -0.25) is 0 Å². The first-order valence-corrected chi connectivity index (χ1v) is 12.1. The van der Waals surface area contributed by atoms with Crippen molar-refractivity contribution in [1.29, 1.82) is 0 Å². The standard InChI is InChI=1S/C24H28F2P2/c1-15-13-20(7-9-22(15)25)28(21-8-10-23(26)16(2)14-21)12-11-24(6)18(4)17(3)19(5)27-24/h7-10,13-14H,11-12H2,1-6H3. The van der Waals surface area contributed by atoms with Crippen molar-refractivity contribution in [3.63, 3.8) is 0 Å². The van der Waals surface area contributed by atoms with E-state index in [1.54, 1.807) is 12.1 Å². The van der Waals surface area contributed by atoms with Gasteiger partial charge in [0.25, 0.3) is 0 Å². The second kappa shape index (κ2) is 8.17. The molecule has 1 unspecified atom stereocenters. The van der Waals surface area contributed by atoms with Gasteiger partial charge in [0, 0.05) is 5.16 Å². The van der Waals surface area contributed by atoms with Crippen molar-refractivity contribution in [2.24, 2.45) is 0 Å². The number of rotatable bonds is 5. The van der Waals surface area contributed by atoms with E-state index in [0.717, 1.165) is 23.2 Å². The van der Waals surface area contributed by atoms with E-state index in [1.165, 1.54) is 24.6 Å². The van der Waals surface area contributed by atoms with Gasteiger partial charge in [-0.1, -0.05) is 25.9 Å². The first-order chi connectivity index (χ1) is 13.1. The fraction of sp³-hybridized carbons (Fsp3) is 0.375. The van der Waals surface area contributed by atoms with E-state index in [0.29, 0.717) is 11.1 Å². The van der Waals surface area contributed by atoms with E-state index in [4.69, 9.17) is 0 Å². The normalized spacial score (nSPS) is 20.1. The van der Waals surface area contributed by atoms with Crippen LogP contribution < -0.4 is 10.6 Å². The minimum absolute atomic E-state index is 0.152. The minimum atomic E-state index is -0.673. The Kier molecular flexibility index (Phi) is 6.23. The van der Waals surface area contributed by atoms with E-state index in [1.807, 2.05) is 38.1 Å². The molecule has 0 fully saturated rings. The van der Waals surface area contributed by atoms with E-state index in [9.17, 15) is 8.78 Å². The highest BCUT2D eigenvalue weighted by molar-refractivity contribution is 7.73. The Labute approximate surface area is 170 Å². The van der Waals surface area contributed by atoms with Crippen LogP contribution in [0.1, 0.15) is 45.2 Å². The lowest BCUT2D eigenvalue weighted by molar-refractivity contribution is 0.619. The monoisotopic (exact) mass is 416 g/mol. The van der Waals surface area contributed by atoms with Crippen LogP contribution in [0, 0.1) is 25.5 Å². The lowest BCUT2D eigenvalue weighted by Gasteiger charge is -2.28. The van der Waals surface area contributed by atoms with E-state index in [-0.39, 0.29) is 16.8 Å². The fourth-order valence-corrected chi connectivity index (χ4v) is 8.29. The zero-order chi connectivity index (χ0) is 20.6. The molecule has 0 amide bonds. The molecule has 1 atom stereocenters. The minimum Gasteiger partial charge on any atom is -0.207 e. The predicted octanol–water partition coefficient (Wildman–Crippen LogP) is 6.65. The van der Waals surface area contributed by atoms with Crippen molar-refractivity contribution in [3.8, 4) is 0 Å². The molecule has 28 heavy (non-hydrogen) atoms. The van der Waals surface area contributed by atoms with Crippen LogP contribution in [0.4, 0.5) is 8.78 Å². The van der Waals surface area contributed by atoms with Crippen LogP contribution in [0.2, 0.25) is 0 Å². The number of aryl methyl sites for hydroxylation is 2. The van der Waals surface area contributed by atoms with Gasteiger partial charge in [0.2, 0.25) is 0 Å². The summed E-state index contributed by atoms with van der Waals surface area (Å²) in [6.07, 6.45) is 2.07. The van der Waals surface area contributed by atoms with Crippen molar-refractivity contribution in [2.75, 3.05) is 6.16 Å². The zero-order valence-electron chi connectivity index (χ0n) is 17.5. The second-order valence-electron chi connectivity index (χ2n) is 7.99. The number of hydrogen-bond donors (Lipinski definition) is 0. The summed E-state index contributed by atoms with van der Waals surface area (Å²) in [6.45, 7) is 12.7. The summed E-state index contributed by atoms with van der Waals surface area (Å²) in [5.41, 5.74) is 4.26. The molecule has 3 rings (SSSR count). The van der Waals surface area contributed by atoms with Crippen LogP contribution in [0.5, 0.6) is 0 Å². The van der Waals surface area contributed by atoms with Crippen molar-refractivity contribution in [3.05, 3.63) is 70.3 Å². The average molecular weight is 416 g/mol. The van der Waals surface area contributed by atoms with Crippen LogP contribution >= 0.6 is 16.1 Å². The smallest absolute Gasteiger partial charge is 0.126 e. The molecule has 4 heteroatoms. The summed E-state index contributed by atoms with van der Waals surface area (Å²) in [5.74, 6) is -0.343. The molecule has 0 saturated carbocycles. The van der Waals surface area contributed by atoms with Gasteiger partial charge >= 0.3 is 0 Å². The Bertz CT molecular complexity index is 923. The lowest BCUT2D eigenvalue weighted by atomic mass is 9.94. The number of hydrogen-bond acceptors (Lipinski definition) is 0. The molecule has 0 aromatic heterocycles. The molecule has 0 N–H and O–H groups in total. The quantitative estimate of drug-likeness (QED) is 0.479. The van der Waals surface area contributed by atoms with Crippen molar-refractivity contribution in [2.45, 2.75) is 53.1 Å². The average Bonchev–Trinajstić information content (AvgIpc) is 2.84. The van der Waals surface area contributed by atoms with Gasteiger partial charge in [-0.25, -0.2) is 8.78 Å². The van der Waals surface area contributed by atoms with Crippen LogP contribution in [0.3, 0.4) is 0 Å². The highest BCUT2D eigenvalue weighted by Gasteiger charge is 2.32. The summed E-state index contributed by atoms with van der Waals surface area (Å²) in [4.78, 5) is 0. The van der Waals surface area contributed by atoms with Gasteiger partial charge in [0.05, 0.1) is 0 Å². The van der Waals surface area contributed by atoms with Crippen LogP contribution in [0.25, 0.3) is 0 Å². The van der Waals surface area contributed by atoms with Gasteiger partial charge in [-0.2, -0.15) is 0 Å². The van der Waals surface area contributed by atoms with Crippen molar-refractivity contribution in [1.82, 2.24) is 0 Å². The number of allylic oxidation sites excluding steroid dienone is 2. The molecule has 0 bridgehead atoms. The molecule has 2 aromatic rings. The van der Waals surface area contributed by atoms with Gasteiger partial charge in [0.15, 0.2) is 0 Å². The molecule has 1 aliphatic rings. The molecular formula is C24H28F2P2. The van der Waals surface area contributed by atoms with E-state index in [2.05, 4.69) is 27.7 Å². The van der Waals surface area contributed by atoms with Gasteiger partial charge in [0.1, 0.15) is 11.6 Å². The van der Waals surface area contributed by atoms with Crippen LogP contribution in [-0.4, -0.2) is 16.6 Å². The molecule has 1 heterocycles. The largest absolute Gasteiger partial charge is 0.207 e.